The van der Waals surface area contributed by atoms with E-state index in [-0.39, 0.29) is 5.78 Å². The van der Waals surface area contributed by atoms with Crippen molar-refractivity contribution >= 4 is 5.78 Å². The second-order valence-corrected chi connectivity index (χ2v) is 8.50. The third-order valence-corrected chi connectivity index (χ3v) is 6.85. The Hall–Kier alpha value is -1.89. The molecule has 0 aromatic heterocycles. The van der Waals surface area contributed by atoms with E-state index in [0.29, 0.717) is 5.92 Å². The maximum absolute atomic E-state index is 11.9. The van der Waals surface area contributed by atoms with Gasteiger partial charge in [0.25, 0.3) is 0 Å². The first-order chi connectivity index (χ1) is 12.6. The summed E-state index contributed by atoms with van der Waals surface area (Å²) in [6.45, 7) is 4.12. The van der Waals surface area contributed by atoms with Crippen LogP contribution in [0.2, 0.25) is 0 Å². The van der Waals surface area contributed by atoms with Crippen molar-refractivity contribution in [1.82, 2.24) is 0 Å². The molecule has 0 amide bonds. The molecular formula is C25H30O. The molecule has 2 aromatic rings. The molecule has 0 saturated heterocycles. The number of fused-ring (bicyclic) bond motifs is 2. The average Bonchev–Trinajstić information content (AvgIpc) is 2.66. The highest BCUT2D eigenvalue weighted by atomic mass is 16.1. The summed E-state index contributed by atoms with van der Waals surface area (Å²) in [5, 5.41) is 0. The van der Waals surface area contributed by atoms with E-state index in [2.05, 4.69) is 43.3 Å². The molecule has 4 rings (SSSR count). The van der Waals surface area contributed by atoms with Crippen LogP contribution in [0.25, 0.3) is 0 Å². The van der Waals surface area contributed by atoms with E-state index in [1.165, 1.54) is 60.8 Å². The Morgan fingerprint density at radius 1 is 0.962 bits per heavy atom. The molecule has 3 atom stereocenters. The predicted octanol–water partition coefficient (Wildman–Crippen LogP) is 6.53. The number of rotatable bonds is 4. The number of carbonyl (C=O) groups is 1. The maximum Gasteiger partial charge on any atom is 0.159 e. The molecule has 26 heavy (non-hydrogen) atoms. The standard InChI is InChI=1S/C25H30O/c1-17-7-3-4-8-19(17)13-14-24-23-10-6-5-9-21(23)15-22-12-11-20(18(2)26)16-25(22)24/h5-6,9-12,16-17,19,24H,3-4,7-8,13-15H2,1-2H3. The summed E-state index contributed by atoms with van der Waals surface area (Å²) >= 11 is 0. The Balaban J connectivity index is 1.65. The highest BCUT2D eigenvalue weighted by Crippen LogP contribution is 2.42. The van der Waals surface area contributed by atoms with E-state index in [0.717, 1.165) is 23.8 Å². The molecule has 0 aliphatic heterocycles. The van der Waals surface area contributed by atoms with Crippen molar-refractivity contribution in [2.75, 3.05) is 0 Å². The summed E-state index contributed by atoms with van der Waals surface area (Å²) in [6, 6.07) is 15.3. The first-order valence-electron chi connectivity index (χ1n) is 10.3. The zero-order chi connectivity index (χ0) is 18.1. The molecule has 2 aliphatic carbocycles. The van der Waals surface area contributed by atoms with Gasteiger partial charge in [0, 0.05) is 11.5 Å². The highest BCUT2D eigenvalue weighted by molar-refractivity contribution is 5.94. The Bertz CT molecular complexity index is 804. The smallest absolute Gasteiger partial charge is 0.159 e. The normalized spacial score (nSPS) is 24.6. The van der Waals surface area contributed by atoms with E-state index in [4.69, 9.17) is 0 Å². The number of carbonyl (C=O) groups excluding carboxylic acids is 1. The first kappa shape index (κ1) is 17.5. The number of ketones is 1. The van der Waals surface area contributed by atoms with Crippen LogP contribution in [0, 0.1) is 11.8 Å². The molecule has 1 nitrogen and oxygen atoms in total. The lowest BCUT2D eigenvalue weighted by Gasteiger charge is -2.33. The monoisotopic (exact) mass is 346 g/mol. The van der Waals surface area contributed by atoms with E-state index < -0.39 is 0 Å². The summed E-state index contributed by atoms with van der Waals surface area (Å²) in [7, 11) is 0. The van der Waals surface area contributed by atoms with Crippen molar-refractivity contribution in [2.45, 2.75) is 64.7 Å². The van der Waals surface area contributed by atoms with Crippen LogP contribution < -0.4 is 0 Å². The van der Waals surface area contributed by atoms with Gasteiger partial charge in [-0.05, 0) is 66.3 Å². The fourth-order valence-corrected chi connectivity index (χ4v) is 5.22. The van der Waals surface area contributed by atoms with E-state index in [1.54, 1.807) is 6.92 Å². The third kappa shape index (κ3) is 3.37. The molecule has 0 heterocycles. The van der Waals surface area contributed by atoms with E-state index >= 15 is 0 Å². The zero-order valence-electron chi connectivity index (χ0n) is 16.1. The van der Waals surface area contributed by atoms with Crippen LogP contribution in [0.1, 0.15) is 90.9 Å². The Morgan fingerprint density at radius 2 is 1.73 bits per heavy atom. The van der Waals surface area contributed by atoms with Gasteiger partial charge in [0.05, 0.1) is 0 Å². The van der Waals surface area contributed by atoms with Gasteiger partial charge >= 0.3 is 0 Å². The molecule has 1 fully saturated rings. The minimum absolute atomic E-state index is 0.173. The Labute approximate surface area is 157 Å². The summed E-state index contributed by atoms with van der Waals surface area (Å²) in [5.41, 5.74) is 6.64. The minimum Gasteiger partial charge on any atom is -0.295 e. The number of hydrogen-bond acceptors (Lipinski definition) is 1. The fraction of sp³-hybridized carbons (Fsp3) is 0.480. The predicted molar refractivity (Wildman–Crippen MR) is 108 cm³/mol. The van der Waals surface area contributed by atoms with Gasteiger partial charge in [-0.2, -0.15) is 0 Å². The number of hydrogen-bond donors (Lipinski definition) is 0. The van der Waals surface area contributed by atoms with Crippen LogP contribution in [0.4, 0.5) is 0 Å². The maximum atomic E-state index is 11.9. The van der Waals surface area contributed by atoms with Crippen LogP contribution in [-0.4, -0.2) is 5.78 Å². The quantitative estimate of drug-likeness (QED) is 0.575. The summed E-state index contributed by atoms with van der Waals surface area (Å²) in [6.07, 6.45) is 9.13. The molecule has 0 spiro atoms. The largest absolute Gasteiger partial charge is 0.295 e. The number of Topliss-reactive ketones (excluding diaryl/α,β-unsaturated/α-hetero) is 1. The molecule has 136 valence electrons. The lowest BCUT2D eigenvalue weighted by Crippen LogP contribution is -2.20. The van der Waals surface area contributed by atoms with E-state index in [9.17, 15) is 4.79 Å². The van der Waals surface area contributed by atoms with Gasteiger partial charge in [-0.25, -0.2) is 0 Å². The lowest BCUT2D eigenvalue weighted by atomic mass is 9.72. The first-order valence-corrected chi connectivity index (χ1v) is 10.3. The van der Waals surface area contributed by atoms with Crippen LogP contribution in [0.5, 0.6) is 0 Å². The van der Waals surface area contributed by atoms with Crippen molar-refractivity contribution in [1.29, 1.82) is 0 Å². The molecule has 3 unspecified atom stereocenters. The molecule has 2 aromatic carbocycles. The van der Waals surface area contributed by atoms with Crippen molar-refractivity contribution in [3.8, 4) is 0 Å². The van der Waals surface area contributed by atoms with Gasteiger partial charge < -0.3 is 0 Å². The zero-order valence-corrected chi connectivity index (χ0v) is 16.1. The molecule has 1 saturated carbocycles. The second-order valence-electron chi connectivity index (χ2n) is 8.50. The van der Waals surface area contributed by atoms with Crippen LogP contribution in [-0.2, 0) is 6.42 Å². The molecule has 0 radical (unpaired) electrons. The van der Waals surface area contributed by atoms with E-state index in [1.807, 2.05) is 6.07 Å². The van der Waals surface area contributed by atoms with Gasteiger partial charge in [0.2, 0.25) is 0 Å². The van der Waals surface area contributed by atoms with Crippen LogP contribution in [0.3, 0.4) is 0 Å². The Kier molecular flexibility index (Phi) is 4.98. The van der Waals surface area contributed by atoms with Crippen molar-refractivity contribution in [3.63, 3.8) is 0 Å². The molecule has 0 bridgehead atoms. The molecule has 1 heteroatoms. The second kappa shape index (κ2) is 7.39. The van der Waals surface area contributed by atoms with Gasteiger partial charge in [-0.3, -0.25) is 4.79 Å². The number of benzene rings is 2. The Morgan fingerprint density at radius 3 is 2.54 bits per heavy atom. The summed E-state index contributed by atoms with van der Waals surface area (Å²) in [5.74, 6) is 2.36. The fourth-order valence-electron chi connectivity index (χ4n) is 5.22. The van der Waals surface area contributed by atoms with Crippen molar-refractivity contribution in [2.24, 2.45) is 11.8 Å². The van der Waals surface area contributed by atoms with Crippen molar-refractivity contribution in [3.05, 3.63) is 70.3 Å². The van der Waals surface area contributed by atoms with Gasteiger partial charge in [0.1, 0.15) is 0 Å². The van der Waals surface area contributed by atoms with Crippen molar-refractivity contribution < 1.29 is 4.79 Å². The van der Waals surface area contributed by atoms with Crippen LogP contribution in [0.15, 0.2) is 42.5 Å². The molecular weight excluding hydrogens is 316 g/mol. The average molecular weight is 347 g/mol. The summed E-state index contributed by atoms with van der Waals surface area (Å²) in [4.78, 5) is 11.9. The summed E-state index contributed by atoms with van der Waals surface area (Å²) < 4.78 is 0. The van der Waals surface area contributed by atoms with Gasteiger partial charge in [0.15, 0.2) is 5.78 Å². The lowest BCUT2D eigenvalue weighted by molar-refractivity contribution is 0.101. The molecule has 0 N–H and O–H groups in total. The van der Waals surface area contributed by atoms with Gasteiger partial charge in [-0.15, -0.1) is 0 Å². The molecule has 2 aliphatic rings. The highest BCUT2D eigenvalue weighted by Gasteiger charge is 2.28. The third-order valence-electron chi connectivity index (χ3n) is 6.85. The topological polar surface area (TPSA) is 17.1 Å². The SMILES string of the molecule is CC(=O)c1ccc2c(c1)C(CCC1CCCCC1C)c1ccccc1C2. The van der Waals surface area contributed by atoms with Crippen LogP contribution >= 0.6 is 0 Å². The minimum atomic E-state index is 0.173. The van der Waals surface area contributed by atoms with Gasteiger partial charge in [-0.1, -0.05) is 69.0 Å².